The number of aromatic nitrogens is 3. The van der Waals surface area contributed by atoms with Crippen LogP contribution in [0.3, 0.4) is 0 Å². The Bertz CT molecular complexity index is 684. The maximum Gasteiger partial charge on any atom is 0.226 e. The summed E-state index contributed by atoms with van der Waals surface area (Å²) >= 11 is 3.16. The number of amides is 1. The van der Waals surface area contributed by atoms with E-state index in [-0.39, 0.29) is 5.91 Å². The molecule has 1 N–H and O–H groups in total. The van der Waals surface area contributed by atoms with Gasteiger partial charge in [0.1, 0.15) is 0 Å². The SMILES string of the molecule is Cc1ncc(CNC(=O)Cc2cn3ccsc3n2)s1. The highest BCUT2D eigenvalue weighted by molar-refractivity contribution is 7.15. The smallest absolute Gasteiger partial charge is 0.226 e. The molecule has 0 bridgehead atoms. The molecule has 0 aromatic carbocycles. The minimum atomic E-state index is -0.0168. The molecule has 0 aliphatic heterocycles. The van der Waals surface area contributed by atoms with E-state index in [0.717, 1.165) is 20.5 Å². The summed E-state index contributed by atoms with van der Waals surface area (Å²) in [6.45, 7) is 2.49. The lowest BCUT2D eigenvalue weighted by molar-refractivity contribution is -0.120. The molecule has 0 aliphatic rings. The fourth-order valence-electron chi connectivity index (χ4n) is 1.76. The van der Waals surface area contributed by atoms with Crippen molar-refractivity contribution in [3.8, 4) is 0 Å². The van der Waals surface area contributed by atoms with Gasteiger partial charge in [-0.2, -0.15) is 0 Å². The fourth-order valence-corrected chi connectivity index (χ4v) is 3.21. The third-order valence-corrected chi connectivity index (χ3v) is 4.30. The number of aryl methyl sites for hydroxylation is 1. The van der Waals surface area contributed by atoms with Crippen molar-refractivity contribution < 1.29 is 4.79 Å². The van der Waals surface area contributed by atoms with E-state index < -0.39 is 0 Å². The highest BCUT2D eigenvalue weighted by Gasteiger charge is 2.08. The van der Waals surface area contributed by atoms with Crippen molar-refractivity contribution in [2.75, 3.05) is 0 Å². The predicted octanol–water partition coefficient (Wildman–Crippen LogP) is 2.02. The topological polar surface area (TPSA) is 59.3 Å². The van der Waals surface area contributed by atoms with Gasteiger partial charge in [-0.05, 0) is 6.92 Å². The summed E-state index contributed by atoms with van der Waals surface area (Å²) in [4.78, 5) is 22.3. The summed E-state index contributed by atoms with van der Waals surface area (Å²) in [6.07, 6.45) is 5.94. The van der Waals surface area contributed by atoms with Crippen molar-refractivity contribution in [2.24, 2.45) is 0 Å². The molecule has 7 heteroatoms. The van der Waals surface area contributed by atoms with Gasteiger partial charge in [0.2, 0.25) is 5.91 Å². The molecule has 0 spiro atoms. The first-order valence-corrected chi connectivity index (χ1v) is 7.49. The third kappa shape index (κ3) is 2.82. The Morgan fingerprint density at radius 2 is 2.42 bits per heavy atom. The monoisotopic (exact) mass is 292 g/mol. The van der Waals surface area contributed by atoms with Crippen molar-refractivity contribution >= 4 is 33.5 Å². The Balaban J connectivity index is 1.57. The standard InChI is InChI=1S/C12H12N4OS2/c1-8-13-5-10(19-8)6-14-11(17)4-9-7-16-2-3-18-12(16)15-9/h2-3,5,7H,4,6H2,1H3,(H,14,17). The Morgan fingerprint density at radius 3 is 3.16 bits per heavy atom. The number of nitrogens with zero attached hydrogens (tertiary/aromatic N) is 3. The van der Waals surface area contributed by atoms with Gasteiger partial charge < -0.3 is 5.32 Å². The van der Waals surface area contributed by atoms with E-state index >= 15 is 0 Å². The quantitative estimate of drug-likeness (QED) is 0.800. The van der Waals surface area contributed by atoms with E-state index in [4.69, 9.17) is 0 Å². The van der Waals surface area contributed by atoms with Crippen LogP contribution in [0.5, 0.6) is 0 Å². The lowest BCUT2D eigenvalue weighted by Crippen LogP contribution is -2.24. The Hall–Kier alpha value is -1.73. The molecule has 3 heterocycles. The molecule has 0 aliphatic carbocycles. The summed E-state index contributed by atoms with van der Waals surface area (Å²) in [5.74, 6) is -0.0168. The molecular weight excluding hydrogens is 280 g/mol. The van der Waals surface area contributed by atoms with Gasteiger partial charge in [0, 0.05) is 28.8 Å². The van der Waals surface area contributed by atoms with Crippen LogP contribution in [-0.2, 0) is 17.8 Å². The largest absolute Gasteiger partial charge is 0.351 e. The summed E-state index contributed by atoms with van der Waals surface area (Å²) in [6, 6.07) is 0. The van der Waals surface area contributed by atoms with E-state index in [1.165, 1.54) is 0 Å². The van der Waals surface area contributed by atoms with Crippen LogP contribution in [0.4, 0.5) is 0 Å². The normalized spacial score (nSPS) is 11.0. The number of thiazole rings is 2. The number of carbonyl (C=O) groups is 1. The zero-order valence-electron chi connectivity index (χ0n) is 10.3. The van der Waals surface area contributed by atoms with Crippen molar-refractivity contribution in [1.29, 1.82) is 0 Å². The number of hydrogen-bond donors (Lipinski definition) is 1. The third-order valence-electron chi connectivity index (χ3n) is 2.61. The highest BCUT2D eigenvalue weighted by Crippen LogP contribution is 2.12. The average Bonchev–Trinajstić information content (AvgIpc) is 3.02. The maximum absolute atomic E-state index is 11.8. The maximum atomic E-state index is 11.8. The molecule has 5 nitrogen and oxygen atoms in total. The number of rotatable bonds is 4. The van der Waals surface area contributed by atoms with Crippen LogP contribution < -0.4 is 5.32 Å². The van der Waals surface area contributed by atoms with Crippen LogP contribution >= 0.6 is 22.7 Å². The molecule has 0 saturated heterocycles. The van der Waals surface area contributed by atoms with E-state index in [1.54, 1.807) is 28.9 Å². The Kier molecular flexibility index (Phi) is 3.31. The van der Waals surface area contributed by atoms with E-state index in [1.807, 2.05) is 29.1 Å². The molecule has 0 atom stereocenters. The van der Waals surface area contributed by atoms with Crippen molar-refractivity contribution in [1.82, 2.24) is 19.7 Å². The van der Waals surface area contributed by atoms with Crippen LogP contribution in [-0.4, -0.2) is 20.3 Å². The number of imidazole rings is 1. The van der Waals surface area contributed by atoms with Gasteiger partial charge in [0.25, 0.3) is 0 Å². The average molecular weight is 292 g/mol. The lowest BCUT2D eigenvalue weighted by Gasteiger charge is -2.00. The molecule has 19 heavy (non-hydrogen) atoms. The molecule has 0 fully saturated rings. The van der Waals surface area contributed by atoms with Crippen LogP contribution in [0, 0.1) is 6.92 Å². The molecular formula is C12H12N4OS2. The highest BCUT2D eigenvalue weighted by atomic mass is 32.1. The van der Waals surface area contributed by atoms with Crippen molar-refractivity contribution in [2.45, 2.75) is 19.9 Å². The van der Waals surface area contributed by atoms with Gasteiger partial charge in [-0.3, -0.25) is 9.20 Å². The molecule has 0 radical (unpaired) electrons. The lowest BCUT2D eigenvalue weighted by atomic mass is 10.3. The minimum absolute atomic E-state index is 0.0168. The van der Waals surface area contributed by atoms with Gasteiger partial charge >= 0.3 is 0 Å². The van der Waals surface area contributed by atoms with Crippen LogP contribution in [0.2, 0.25) is 0 Å². The zero-order valence-corrected chi connectivity index (χ0v) is 11.9. The van der Waals surface area contributed by atoms with Crippen molar-refractivity contribution in [3.63, 3.8) is 0 Å². The first-order chi connectivity index (χ1) is 9.20. The summed E-state index contributed by atoms with van der Waals surface area (Å²) in [5.41, 5.74) is 0.796. The number of fused-ring (bicyclic) bond motifs is 1. The number of hydrogen-bond acceptors (Lipinski definition) is 5. The summed E-state index contributed by atoms with van der Waals surface area (Å²) in [7, 11) is 0. The van der Waals surface area contributed by atoms with Gasteiger partial charge in [-0.25, -0.2) is 9.97 Å². The summed E-state index contributed by atoms with van der Waals surface area (Å²) < 4.78 is 1.93. The second kappa shape index (κ2) is 5.10. The number of carbonyl (C=O) groups excluding carboxylic acids is 1. The Labute approximate surface area is 117 Å². The molecule has 98 valence electrons. The first-order valence-electron chi connectivity index (χ1n) is 5.80. The van der Waals surface area contributed by atoms with E-state index in [9.17, 15) is 4.79 Å². The second-order valence-corrected chi connectivity index (χ2v) is 6.32. The van der Waals surface area contributed by atoms with Gasteiger partial charge in [-0.15, -0.1) is 22.7 Å². The zero-order chi connectivity index (χ0) is 13.2. The predicted molar refractivity (Wildman–Crippen MR) is 75.5 cm³/mol. The molecule has 3 aromatic heterocycles. The van der Waals surface area contributed by atoms with Crippen molar-refractivity contribution in [3.05, 3.63) is 39.5 Å². The molecule has 3 aromatic rings. The second-order valence-electron chi connectivity index (χ2n) is 4.12. The molecule has 0 saturated carbocycles. The van der Waals surface area contributed by atoms with Crippen LogP contribution in [0.1, 0.15) is 15.6 Å². The van der Waals surface area contributed by atoms with Gasteiger partial charge in [0.05, 0.1) is 23.7 Å². The Morgan fingerprint density at radius 1 is 1.53 bits per heavy atom. The van der Waals surface area contributed by atoms with Crippen LogP contribution in [0.25, 0.3) is 4.96 Å². The van der Waals surface area contributed by atoms with Crippen LogP contribution in [0.15, 0.2) is 24.0 Å². The minimum Gasteiger partial charge on any atom is -0.351 e. The first kappa shape index (κ1) is 12.3. The van der Waals surface area contributed by atoms with E-state index in [2.05, 4.69) is 15.3 Å². The number of nitrogens with one attached hydrogen (secondary N) is 1. The molecule has 3 rings (SSSR count). The van der Waals surface area contributed by atoms with Gasteiger partial charge in [-0.1, -0.05) is 0 Å². The van der Waals surface area contributed by atoms with E-state index in [0.29, 0.717) is 13.0 Å². The summed E-state index contributed by atoms with van der Waals surface area (Å²) in [5, 5.41) is 5.87. The van der Waals surface area contributed by atoms with Gasteiger partial charge in [0.15, 0.2) is 4.96 Å². The molecule has 0 unspecified atom stereocenters. The molecule has 1 amide bonds. The fraction of sp³-hybridized carbons (Fsp3) is 0.250.